The Morgan fingerprint density at radius 3 is 1.27 bits per heavy atom. The number of carbonyl (C=O) groups is 8. The number of pyridine rings is 2. The van der Waals surface area contributed by atoms with E-state index in [9.17, 15) is 53.0 Å². The van der Waals surface area contributed by atoms with Crippen LogP contribution in [-0.4, -0.2) is 157 Å². The molecule has 4 aromatic carbocycles. The van der Waals surface area contributed by atoms with Crippen LogP contribution in [0, 0.1) is 19.7 Å². The summed E-state index contributed by atoms with van der Waals surface area (Å²) in [7, 11) is 0. The average Bonchev–Trinajstić information content (AvgIpc) is 1.64. The van der Waals surface area contributed by atoms with E-state index < -0.39 is 0 Å². The zero-order chi connectivity index (χ0) is 98.5. The zero-order valence-corrected chi connectivity index (χ0v) is 79.5. The van der Waals surface area contributed by atoms with Crippen LogP contribution in [0.1, 0.15) is 214 Å². The van der Waals surface area contributed by atoms with Crippen LogP contribution in [0.3, 0.4) is 0 Å². The van der Waals surface area contributed by atoms with E-state index in [1.807, 2.05) is 109 Å². The fourth-order valence-corrected chi connectivity index (χ4v) is 15.1. The van der Waals surface area contributed by atoms with Crippen molar-refractivity contribution in [2.75, 3.05) is 0 Å². The molecule has 24 rings (SSSR count). The van der Waals surface area contributed by atoms with Crippen LogP contribution in [0.25, 0.3) is 79.5 Å². The van der Waals surface area contributed by atoms with E-state index in [1.165, 1.54) is 23.8 Å². The Morgan fingerprint density at radius 2 is 0.803 bits per heavy atom. The lowest BCUT2D eigenvalue weighted by molar-refractivity contribution is 0.0933. The standard InChI is InChI=1S/C17H14N2O2S.C14H14N2O3.C13H10BrFN2O2.C13H12N2O3.C13H12N2O2S.2C12H11N3O2.C8H10N2O2/c20-17(14-10-15(21-19-14)16-7-4-8-22-16)18-13-9-12(13)11-5-2-1-3-6-11;1-8-2-5-10(12(17)6-8)13-7-11(16-19-13)14(18)15-9-3-4-9;14-10-5-7(15)1-4-9(10)12-6-11(17-19-12)13(18)16-8-2-3-8;16-11-4-2-1-3-9(11)12-7-10(15-18-12)13(17)14-8-5-6-8;16-13(14-9-3-4-9)12-8-10(17-15-12)5-6-11-2-1-7-18-11;16-12(14-9-3-4-9)10-6-11(17-15-10)8-2-1-5-13-7-8;16-12(14-8-4-5-8)10-7-11(17-15-10)9-3-1-2-6-13-9;1-5-4-7(10-12-5)8(11)9-6-2-3-6/h1-8,10,12-13H,9H2,(H,18,20);2,5-7,9,17H,3-4H2,1H3,(H,15,18);1,4-6,8H,2-3H2,(H,16,18);1-4,7-8,16H,5-6H2,(H,14,17);1-2,5-9H,3-4H2,(H,14,16);1-2,5-7,9H,3-4H2,(H,14,16);1-3,6-8H,4-5H2,(H,14,16);4,6H,2-3H2,1H3,(H,9,11)/b;;;;6-5+;;;/t12-,13?;;;;;;;/m1......./s1. The highest BCUT2D eigenvalue weighted by molar-refractivity contribution is 9.10. The molecule has 10 N–H and O–H groups in total. The topological polar surface area (TPSA) is 507 Å². The Kier molecular flexibility index (Phi) is 31.6. The van der Waals surface area contributed by atoms with Gasteiger partial charge in [0.2, 0.25) is 0 Å². The number of amides is 8. The molecule has 2 atom stereocenters. The number of para-hydroxylation sites is 1. The molecule has 8 aliphatic rings. The number of phenols is 2. The van der Waals surface area contributed by atoms with Crippen molar-refractivity contribution in [3.05, 3.63) is 307 Å². The lowest BCUT2D eigenvalue weighted by Crippen LogP contribution is -2.26. The molecule has 0 bridgehead atoms. The predicted octanol–water partition coefficient (Wildman–Crippen LogP) is 17.9. The van der Waals surface area contributed by atoms with E-state index in [4.69, 9.17) is 36.2 Å². The summed E-state index contributed by atoms with van der Waals surface area (Å²) in [6, 6.07) is 58.7. The van der Waals surface area contributed by atoms with E-state index in [-0.39, 0.29) is 106 Å². The first-order valence-electron chi connectivity index (χ1n) is 45.9. The fourth-order valence-electron chi connectivity index (χ4n) is 13.3. The summed E-state index contributed by atoms with van der Waals surface area (Å²) in [5, 5.41) is 76.4. The second-order valence-corrected chi connectivity index (χ2v) is 37.2. The molecule has 0 spiro atoms. The molecule has 12 heterocycles. The van der Waals surface area contributed by atoms with Gasteiger partial charge in [-0.15, -0.1) is 22.7 Å². The van der Waals surface area contributed by atoms with Crippen molar-refractivity contribution in [2.45, 2.75) is 164 Å². The summed E-state index contributed by atoms with van der Waals surface area (Å²) in [5.41, 5.74) is 7.79. The number of nitrogens with zero attached hydrogens (tertiary/aromatic N) is 10. The van der Waals surface area contributed by atoms with Gasteiger partial charge in [0.15, 0.2) is 85.9 Å². The number of nitrogens with one attached hydrogen (secondary N) is 8. The van der Waals surface area contributed by atoms with Crippen LogP contribution in [-0.2, 0) is 0 Å². The lowest BCUT2D eigenvalue weighted by atomic mass is 10.1. The summed E-state index contributed by atoms with van der Waals surface area (Å²) in [5.74, 6) is 2.90. The van der Waals surface area contributed by atoms with Crippen LogP contribution in [0.15, 0.2) is 264 Å². The molecule has 0 radical (unpaired) electrons. The fraction of sp³-hybridized carbons (Fsp3) is 0.255. The Labute approximate surface area is 825 Å². The Morgan fingerprint density at radius 1 is 0.373 bits per heavy atom. The van der Waals surface area contributed by atoms with Gasteiger partial charge in [-0.25, -0.2) is 4.39 Å². The largest absolute Gasteiger partial charge is 0.507 e. The molecule has 12 aromatic heterocycles. The van der Waals surface area contributed by atoms with Gasteiger partial charge < -0.3 is 88.9 Å². The third-order valence-corrected chi connectivity index (χ3v) is 24.5. The van der Waals surface area contributed by atoms with Crippen LogP contribution in [0.2, 0.25) is 0 Å². The lowest BCUT2D eigenvalue weighted by Gasteiger charge is -2.02. The number of halogens is 2. The quantitative estimate of drug-likeness (QED) is 0.0254. The van der Waals surface area contributed by atoms with Crippen molar-refractivity contribution < 1.29 is 89.1 Å². The van der Waals surface area contributed by atoms with E-state index in [0.29, 0.717) is 131 Å². The van der Waals surface area contributed by atoms with Crippen LogP contribution in [0.5, 0.6) is 11.5 Å². The molecule has 142 heavy (non-hydrogen) atoms. The average molecular weight is 2020 g/mol. The molecular weight excluding hydrogens is 1930 g/mol. The SMILES string of the molecule is Cc1cc(C(=O)NC2CC2)no1.Cc1ccc(-c2cc(C(=O)NC3CC3)no2)c(O)c1.O=C(NC1CC1)c1cc(-c2ccc(F)cc2Br)on1.O=C(NC1CC1)c1cc(-c2ccccc2O)on1.O=C(NC1CC1)c1cc(-c2ccccn2)on1.O=C(NC1CC1)c1cc(-c2cccnc2)on1.O=C(NC1CC1)c1cc(/C=C/c2cccs2)on1.O=C(NC1C[C@@H]1c1ccccc1)c1cc(-c2cccs2)on1. The third kappa shape index (κ3) is 28.7. The van der Waals surface area contributed by atoms with Gasteiger partial charge >= 0.3 is 0 Å². The second kappa shape index (κ2) is 46.0. The monoisotopic (exact) mass is 2020 g/mol. The molecule has 726 valence electrons. The van der Waals surface area contributed by atoms with E-state index >= 15 is 0 Å². The molecule has 8 aliphatic carbocycles. The number of carbonyl (C=O) groups excluding carboxylic acids is 8. The van der Waals surface area contributed by atoms with E-state index in [0.717, 1.165) is 117 Å². The molecule has 36 nitrogen and oxygen atoms in total. The maximum absolute atomic E-state index is 13.0. The highest BCUT2D eigenvalue weighted by Gasteiger charge is 2.40. The molecule has 16 aromatic rings. The minimum absolute atomic E-state index is 0.0998. The summed E-state index contributed by atoms with van der Waals surface area (Å²) in [4.78, 5) is 104. The van der Waals surface area contributed by atoms with Crippen molar-refractivity contribution in [3.8, 4) is 78.9 Å². The maximum Gasteiger partial charge on any atom is 0.273 e. The Hall–Kier alpha value is -16.2. The van der Waals surface area contributed by atoms with Gasteiger partial charge in [-0.05, 0) is 239 Å². The number of thiophene rings is 2. The molecule has 0 aliphatic heterocycles. The predicted molar refractivity (Wildman–Crippen MR) is 520 cm³/mol. The molecule has 1 unspecified atom stereocenters. The van der Waals surface area contributed by atoms with Gasteiger partial charge in [-0.3, -0.25) is 48.3 Å². The number of phenolic OH excluding ortho intramolecular Hbond substituents is 2. The first kappa shape index (κ1) is 97.4. The number of rotatable bonds is 25. The van der Waals surface area contributed by atoms with Gasteiger partial charge in [-0.2, -0.15) is 0 Å². The first-order valence-corrected chi connectivity index (χ1v) is 48.4. The van der Waals surface area contributed by atoms with Crippen molar-refractivity contribution in [3.63, 3.8) is 0 Å². The molecule has 8 amide bonds. The Bertz CT molecular complexity index is 6840. The van der Waals surface area contributed by atoms with E-state index in [1.54, 1.807) is 133 Å². The molecule has 8 saturated carbocycles. The van der Waals surface area contributed by atoms with Gasteiger partial charge in [-0.1, -0.05) is 108 Å². The van der Waals surface area contributed by atoms with Gasteiger partial charge in [0, 0.05) is 142 Å². The smallest absolute Gasteiger partial charge is 0.273 e. The van der Waals surface area contributed by atoms with Crippen LogP contribution in [0.4, 0.5) is 4.39 Å². The molecule has 0 saturated heterocycles. The van der Waals surface area contributed by atoms with Gasteiger partial charge in [0.05, 0.1) is 16.0 Å². The number of benzene rings is 4. The number of hydrogen-bond acceptors (Lipinski definition) is 30. The van der Waals surface area contributed by atoms with Crippen LogP contribution >= 0.6 is 38.6 Å². The first-order chi connectivity index (χ1) is 69.0. The highest BCUT2D eigenvalue weighted by Crippen LogP contribution is 2.42. The normalized spacial score (nSPS) is 15.5. The number of aryl methyl sites for hydroxylation is 2. The molecule has 40 heteroatoms. The summed E-state index contributed by atoms with van der Waals surface area (Å²) < 4.78 is 54.2. The molecule has 8 fully saturated rings. The number of aromatic hydroxyl groups is 2. The minimum Gasteiger partial charge on any atom is -0.507 e. The third-order valence-electron chi connectivity index (χ3n) is 22.2. The minimum atomic E-state index is -0.346. The van der Waals surface area contributed by atoms with Crippen molar-refractivity contribution in [1.29, 1.82) is 0 Å². The maximum atomic E-state index is 13.0. The highest BCUT2D eigenvalue weighted by atomic mass is 79.9. The van der Waals surface area contributed by atoms with Crippen molar-refractivity contribution in [1.82, 2.24) is 93.8 Å². The van der Waals surface area contributed by atoms with Crippen LogP contribution < -0.4 is 42.5 Å². The summed E-state index contributed by atoms with van der Waals surface area (Å²) >= 11 is 6.46. The molecular formula is C102H94BrFN18O18S2. The number of aromatic nitrogens is 10. The van der Waals surface area contributed by atoms with Gasteiger partial charge in [0.1, 0.15) is 28.8 Å². The van der Waals surface area contributed by atoms with Crippen molar-refractivity contribution in [2.24, 2.45) is 0 Å². The summed E-state index contributed by atoms with van der Waals surface area (Å²) in [6.07, 6.45) is 24.4. The van der Waals surface area contributed by atoms with Crippen molar-refractivity contribution >= 4 is 98.0 Å². The van der Waals surface area contributed by atoms with Gasteiger partial charge in [0.25, 0.3) is 47.3 Å². The Balaban J connectivity index is 0.000000112. The number of hydrogen-bond donors (Lipinski definition) is 10. The van der Waals surface area contributed by atoms with E-state index in [2.05, 4.69) is 122 Å². The second-order valence-electron chi connectivity index (χ2n) is 34.4. The zero-order valence-electron chi connectivity index (χ0n) is 76.3. The summed E-state index contributed by atoms with van der Waals surface area (Å²) in [6.45, 7) is 3.65.